The molecule has 0 radical (unpaired) electrons. The molecule has 0 unspecified atom stereocenters. The SMILES string of the molecule is Cc1cncc(N2CCC(COc3ccc(C4CC4)nn3)CC2)n1. The van der Waals surface area contributed by atoms with Crippen molar-refractivity contribution in [2.45, 2.75) is 38.5 Å². The predicted molar refractivity (Wildman–Crippen MR) is 91.2 cm³/mol. The van der Waals surface area contributed by atoms with Crippen LogP contribution in [0.25, 0.3) is 0 Å². The molecule has 126 valence electrons. The molecule has 1 aliphatic heterocycles. The first-order valence-electron chi connectivity index (χ1n) is 8.78. The molecule has 2 aliphatic rings. The fraction of sp³-hybridized carbons (Fsp3) is 0.556. The molecule has 6 nitrogen and oxygen atoms in total. The number of hydrogen-bond acceptors (Lipinski definition) is 6. The highest BCUT2D eigenvalue weighted by atomic mass is 16.5. The average Bonchev–Trinajstić information content (AvgIpc) is 3.46. The van der Waals surface area contributed by atoms with Crippen LogP contribution in [0.1, 0.15) is 43.0 Å². The Balaban J connectivity index is 1.25. The molecule has 24 heavy (non-hydrogen) atoms. The molecule has 1 saturated carbocycles. The largest absolute Gasteiger partial charge is 0.476 e. The van der Waals surface area contributed by atoms with Gasteiger partial charge in [0.2, 0.25) is 5.88 Å². The first-order chi connectivity index (χ1) is 11.8. The van der Waals surface area contributed by atoms with E-state index in [0.717, 1.165) is 43.1 Å². The van der Waals surface area contributed by atoms with Crippen molar-refractivity contribution in [2.75, 3.05) is 24.6 Å². The molecule has 2 aromatic rings. The molecular weight excluding hydrogens is 302 g/mol. The average molecular weight is 325 g/mol. The van der Waals surface area contributed by atoms with Crippen LogP contribution >= 0.6 is 0 Å². The van der Waals surface area contributed by atoms with Crippen LogP contribution in [-0.2, 0) is 0 Å². The molecular formula is C18H23N5O. The Labute approximate surface area is 142 Å². The maximum Gasteiger partial charge on any atom is 0.233 e. The zero-order chi connectivity index (χ0) is 16.4. The van der Waals surface area contributed by atoms with Crippen LogP contribution in [0.3, 0.4) is 0 Å². The van der Waals surface area contributed by atoms with E-state index in [1.807, 2.05) is 19.2 Å². The Kier molecular flexibility index (Phi) is 4.28. The maximum atomic E-state index is 5.84. The summed E-state index contributed by atoms with van der Waals surface area (Å²) in [5.41, 5.74) is 2.07. The summed E-state index contributed by atoms with van der Waals surface area (Å²) in [5, 5.41) is 8.46. The third-order valence-corrected chi connectivity index (χ3v) is 4.80. The second-order valence-electron chi connectivity index (χ2n) is 6.83. The quantitative estimate of drug-likeness (QED) is 0.842. The van der Waals surface area contributed by atoms with E-state index in [-0.39, 0.29) is 0 Å². The number of ether oxygens (including phenoxy) is 1. The van der Waals surface area contributed by atoms with Gasteiger partial charge in [0.1, 0.15) is 5.82 Å². The third-order valence-electron chi connectivity index (χ3n) is 4.80. The van der Waals surface area contributed by atoms with Crippen molar-refractivity contribution in [3.8, 4) is 5.88 Å². The van der Waals surface area contributed by atoms with Gasteiger partial charge in [-0.3, -0.25) is 4.98 Å². The topological polar surface area (TPSA) is 64.0 Å². The van der Waals surface area contributed by atoms with Crippen molar-refractivity contribution in [1.82, 2.24) is 20.2 Å². The van der Waals surface area contributed by atoms with Crippen molar-refractivity contribution in [3.63, 3.8) is 0 Å². The summed E-state index contributed by atoms with van der Waals surface area (Å²) in [4.78, 5) is 11.1. The minimum absolute atomic E-state index is 0.559. The Morgan fingerprint density at radius 1 is 1.08 bits per heavy atom. The summed E-state index contributed by atoms with van der Waals surface area (Å²) in [6.45, 7) is 4.69. The Morgan fingerprint density at radius 2 is 1.92 bits per heavy atom. The van der Waals surface area contributed by atoms with Gasteiger partial charge in [0.05, 0.1) is 24.2 Å². The van der Waals surface area contributed by atoms with Gasteiger partial charge in [-0.1, -0.05) is 0 Å². The van der Waals surface area contributed by atoms with E-state index in [1.54, 1.807) is 6.20 Å². The van der Waals surface area contributed by atoms with Gasteiger partial charge >= 0.3 is 0 Å². The number of anilines is 1. The summed E-state index contributed by atoms with van der Waals surface area (Å²) in [6.07, 6.45) is 8.34. The highest BCUT2D eigenvalue weighted by Crippen LogP contribution is 2.38. The highest BCUT2D eigenvalue weighted by Gasteiger charge is 2.25. The van der Waals surface area contributed by atoms with Gasteiger partial charge in [-0.05, 0) is 44.6 Å². The van der Waals surface area contributed by atoms with Crippen LogP contribution < -0.4 is 9.64 Å². The van der Waals surface area contributed by atoms with E-state index in [2.05, 4.69) is 31.1 Å². The van der Waals surface area contributed by atoms with E-state index < -0.39 is 0 Å². The molecule has 0 amide bonds. The van der Waals surface area contributed by atoms with Crippen LogP contribution in [0, 0.1) is 12.8 Å². The second-order valence-corrected chi connectivity index (χ2v) is 6.83. The first kappa shape index (κ1) is 15.3. The summed E-state index contributed by atoms with van der Waals surface area (Å²) in [7, 11) is 0. The number of nitrogens with zero attached hydrogens (tertiary/aromatic N) is 5. The summed E-state index contributed by atoms with van der Waals surface area (Å²) in [5.74, 6) is 2.83. The van der Waals surface area contributed by atoms with Gasteiger partial charge in [-0.2, -0.15) is 5.10 Å². The Morgan fingerprint density at radius 3 is 2.58 bits per heavy atom. The number of aryl methyl sites for hydroxylation is 1. The van der Waals surface area contributed by atoms with E-state index in [9.17, 15) is 0 Å². The maximum absolute atomic E-state index is 5.84. The zero-order valence-electron chi connectivity index (χ0n) is 14.1. The van der Waals surface area contributed by atoms with Crippen LogP contribution in [-0.4, -0.2) is 39.9 Å². The van der Waals surface area contributed by atoms with Gasteiger partial charge in [-0.25, -0.2) is 4.98 Å². The molecule has 0 N–H and O–H groups in total. The van der Waals surface area contributed by atoms with Gasteiger partial charge < -0.3 is 9.64 Å². The molecule has 0 aromatic carbocycles. The molecule has 0 bridgehead atoms. The minimum atomic E-state index is 0.559. The van der Waals surface area contributed by atoms with Crippen molar-refractivity contribution in [3.05, 3.63) is 35.9 Å². The van der Waals surface area contributed by atoms with Gasteiger partial charge in [0.15, 0.2) is 0 Å². The van der Waals surface area contributed by atoms with E-state index in [1.165, 1.54) is 12.8 Å². The fourth-order valence-electron chi connectivity index (χ4n) is 3.14. The monoisotopic (exact) mass is 325 g/mol. The zero-order valence-corrected chi connectivity index (χ0v) is 14.1. The lowest BCUT2D eigenvalue weighted by molar-refractivity contribution is 0.214. The van der Waals surface area contributed by atoms with Crippen molar-refractivity contribution >= 4 is 5.82 Å². The molecule has 2 aromatic heterocycles. The molecule has 6 heteroatoms. The normalized spacial score (nSPS) is 18.6. The minimum Gasteiger partial charge on any atom is -0.476 e. The van der Waals surface area contributed by atoms with Crippen LogP contribution in [0.5, 0.6) is 5.88 Å². The lowest BCUT2D eigenvalue weighted by Crippen LogP contribution is -2.36. The molecule has 0 atom stereocenters. The standard InChI is InChI=1S/C18H23N5O/c1-13-10-19-11-17(20-13)23-8-6-14(7-9-23)12-24-18-5-4-16(21-22-18)15-2-3-15/h4-5,10-11,14-15H,2-3,6-9,12H2,1H3. The molecule has 3 heterocycles. The van der Waals surface area contributed by atoms with Crippen molar-refractivity contribution < 1.29 is 4.74 Å². The van der Waals surface area contributed by atoms with Gasteiger partial charge in [0, 0.05) is 31.3 Å². The number of rotatable bonds is 5. The second kappa shape index (κ2) is 6.71. The lowest BCUT2D eigenvalue weighted by Gasteiger charge is -2.32. The van der Waals surface area contributed by atoms with Crippen LogP contribution in [0.2, 0.25) is 0 Å². The van der Waals surface area contributed by atoms with Gasteiger partial charge in [-0.15, -0.1) is 5.10 Å². The Hall–Kier alpha value is -2.24. The highest BCUT2D eigenvalue weighted by molar-refractivity contribution is 5.36. The lowest BCUT2D eigenvalue weighted by atomic mass is 9.98. The fourth-order valence-corrected chi connectivity index (χ4v) is 3.14. The molecule has 0 spiro atoms. The number of aromatic nitrogens is 4. The van der Waals surface area contributed by atoms with E-state index in [0.29, 0.717) is 24.3 Å². The van der Waals surface area contributed by atoms with Crippen LogP contribution in [0.4, 0.5) is 5.82 Å². The van der Waals surface area contributed by atoms with E-state index >= 15 is 0 Å². The van der Waals surface area contributed by atoms with Crippen LogP contribution in [0.15, 0.2) is 24.5 Å². The molecule has 4 rings (SSSR count). The molecule has 1 aliphatic carbocycles. The predicted octanol–water partition coefficient (Wildman–Crippen LogP) is 2.75. The summed E-state index contributed by atoms with van der Waals surface area (Å²) < 4.78 is 5.84. The van der Waals surface area contributed by atoms with Gasteiger partial charge in [0.25, 0.3) is 0 Å². The van der Waals surface area contributed by atoms with Crippen molar-refractivity contribution in [1.29, 1.82) is 0 Å². The summed E-state index contributed by atoms with van der Waals surface area (Å²) in [6, 6.07) is 4.01. The number of hydrogen-bond donors (Lipinski definition) is 0. The Bertz CT molecular complexity index is 678. The molecule has 2 fully saturated rings. The number of piperidine rings is 1. The third kappa shape index (κ3) is 3.63. The van der Waals surface area contributed by atoms with Crippen molar-refractivity contribution in [2.24, 2.45) is 5.92 Å². The van der Waals surface area contributed by atoms with E-state index in [4.69, 9.17) is 4.74 Å². The summed E-state index contributed by atoms with van der Waals surface area (Å²) >= 11 is 0. The molecule has 1 saturated heterocycles. The smallest absolute Gasteiger partial charge is 0.233 e. The first-order valence-corrected chi connectivity index (χ1v) is 8.78.